The normalized spacial score (nSPS) is 13.8. The number of carbonyl (C=O) groups excluding carboxylic acids is 2. The molecule has 0 saturated carbocycles. The summed E-state index contributed by atoms with van der Waals surface area (Å²) in [6.07, 6.45) is 0.417. The lowest BCUT2D eigenvalue weighted by molar-refractivity contribution is -0.129. The second-order valence-electron chi connectivity index (χ2n) is 3.90. The molecule has 106 valence electrons. The quantitative estimate of drug-likeness (QED) is 0.444. The average molecular weight is 261 g/mol. The van der Waals surface area contributed by atoms with Gasteiger partial charge in [-0.05, 0) is 13.3 Å². The average Bonchev–Trinajstić information content (AvgIpc) is 2.35. The van der Waals surface area contributed by atoms with E-state index in [1.807, 2.05) is 0 Å². The summed E-state index contributed by atoms with van der Waals surface area (Å²) < 4.78 is 9.63. The smallest absolute Gasteiger partial charge is 0.242 e. The monoisotopic (exact) mass is 261 g/mol. The maximum absolute atomic E-state index is 11.6. The molecule has 2 unspecified atom stereocenters. The summed E-state index contributed by atoms with van der Waals surface area (Å²) in [5, 5.41) is 5.17. The third-order valence-corrected chi connectivity index (χ3v) is 2.33. The van der Waals surface area contributed by atoms with Gasteiger partial charge < -0.3 is 25.8 Å². The van der Waals surface area contributed by atoms with Crippen molar-refractivity contribution in [2.75, 3.05) is 34.0 Å². The van der Waals surface area contributed by atoms with E-state index in [4.69, 9.17) is 15.2 Å². The molecule has 0 heterocycles. The van der Waals surface area contributed by atoms with Gasteiger partial charge in [0, 0.05) is 27.4 Å². The van der Waals surface area contributed by atoms with E-state index in [9.17, 15) is 9.59 Å². The highest BCUT2D eigenvalue weighted by Crippen LogP contribution is 1.91. The highest BCUT2D eigenvalue weighted by atomic mass is 16.5. The summed E-state index contributed by atoms with van der Waals surface area (Å²) in [5.41, 5.74) is 5.63. The molecular weight excluding hydrogens is 238 g/mol. The van der Waals surface area contributed by atoms with Crippen molar-refractivity contribution in [3.05, 3.63) is 0 Å². The summed E-state index contributed by atoms with van der Waals surface area (Å²) >= 11 is 0. The van der Waals surface area contributed by atoms with Crippen LogP contribution in [0.3, 0.4) is 0 Å². The Labute approximate surface area is 107 Å². The zero-order chi connectivity index (χ0) is 14.0. The van der Waals surface area contributed by atoms with Crippen LogP contribution in [0, 0.1) is 0 Å². The lowest BCUT2D eigenvalue weighted by Gasteiger charge is -2.17. The van der Waals surface area contributed by atoms with Gasteiger partial charge in [-0.3, -0.25) is 9.59 Å². The van der Waals surface area contributed by atoms with Gasteiger partial charge in [-0.25, -0.2) is 0 Å². The van der Waals surface area contributed by atoms with Gasteiger partial charge in [-0.2, -0.15) is 0 Å². The van der Waals surface area contributed by atoms with Crippen LogP contribution in [0.5, 0.6) is 0 Å². The molecule has 0 spiro atoms. The van der Waals surface area contributed by atoms with Gasteiger partial charge in [-0.15, -0.1) is 0 Å². The third kappa shape index (κ3) is 7.21. The number of methoxy groups -OCH3 is 2. The minimum absolute atomic E-state index is 0.264. The Bertz CT molecular complexity index is 261. The number of nitrogens with two attached hydrogens (primary N) is 1. The fraction of sp³-hybridized carbons (Fsp3) is 0.818. The van der Waals surface area contributed by atoms with Crippen molar-refractivity contribution in [1.29, 1.82) is 0 Å². The number of rotatable bonds is 9. The first-order valence-corrected chi connectivity index (χ1v) is 5.84. The number of amides is 2. The Morgan fingerprint density at radius 1 is 1.17 bits per heavy atom. The van der Waals surface area contributed by atoms with Crippen LogP contribution in [0.25, 0.3) is 0 Å². The van der Waals surface area contributed by atoms with Crippen molar-refractivity contribution in [3.63, 3.8) is 0 Å². The Balaban J connectivity index is 3.94. The maximum atomic E-state index is 11.6. The van der Waals surface area contributed by atoms with Gasteiger partial charge in [0.2, 0.25) is 11.8 Å². The van der Waals surface area contributed by atoms with Crippen molar-refractivity contribution in [3.8, 4) is 0 Å². The van der Waals surface area contributed by atoms with Gasteiger partial charge in [0.15, 0.2) is 0 Å². The fourth-order valence-electron chi connectivity index (χ4n) is 1.19. The van der Waals surface area contributed by atoms with Crippen molar-refractivity contribution in [2.24, 2.45) is 5.73 Å². The summed E-state index contributed by atoms with van der Waals surface area (Å²) in [7, 11) is 3.09. The Hall–Kier alpha value is -1.18. The van der Waals surface area contributed by atoms with Crippen LogP contribution in [0.15, 0.2) is 0 Å². The molecule has 0 aliphatic rings. The zero-order valence-electron chi connectivity index (χ0n) is 11.2. The predicted molar refractivity (Wildman–Crippen MR) is 67.0 cm³/mol. The second-order valence-corrected chi connectivity index (χ2v) is 3.90. The molecular formula is C11H23N3O4. The van der Waals surface area contributed by atoms with Crippen LogP contribution in [-0.2, 0) is 19.1 Å². The van der Waals surface area contributed by atoms with E-state index in [-0.39, 0.29) is 11.8 Å². The lowest BCUT2D eigenvalue weighted by atomic mass is 10.2. The van der Waals surface area contributed by atoms with E-state index in [2.05, 4.69) is 10.6 Å². The zero-order valence-corrected chi connectivity index (χ0v) is 11.2. The molecule has 0 radical (unpaired) electrons. The van der Waals surface area contributed by atoms with Crippen LogP contribution in [0.1, 0.15) is 13.3 Å². The van der Waals surface area contributed by atoms with Gasteiger partial charge in [0.1, 0.15) is 6.04 Å². The van der Waals surface area contributed by atoms with E-state index in [1.165, 1.54) is 7.11 Å². The topological polar surface area (TPSA) is 103 Å². The summed E-state index contributed by atoms with van der Waals surface area (Å²) in [6.45, 7) is 2.84. The molecule has 18 heavy (non-hydrogen) atoms. The number of nitrogens with one attached hydrogen (secondary N) is 2. The van der Waals surface area contributed by atoms with Crippen molar-refractivity contribution < 1.29 is 19.1 Å². The standard InChI is InChI=1S/C11H23N3O4/c1-8(10(15)13-5-7-18-3)14-11(16)9(12)4-6-17-2/h8-9H,4-7,12H2,1-3H3,(H,13,15)(H,14,16). The van der Waals surface area contributed by atoms with E-state index in [0.29, 0.717) is 26.2 Å². The van der Waals surface area contributed by atoms with Gasteiger partial charge in [0.05, 0.1) is 12.6 Å². The first kappa shape index (κ1) is 16.8. The molecule has 0 aliphatic heterocycles. The van der Waals surface area contributed by atoms with E-state index < -0.39 is 12.1 Å². The first-order valence-electron chi connectivity index (χ1n) is 5.84. The SMILES string of the molecule is COCCNC(=O)C(C)NC(=O)C(N)CCOC. The molecule has 0 aromatic rings. The molecule has 0 aromatic carbocycles. The minimum Gasteiger partial charge on any atom is -0.385 e. The largest absolute Gasteiger partial charge is 0.385 e. The molecule has 7 nitrogen and oxygen atoms in total. The number of carbonyl (C=O) groups is 2. The summed E-state index contributed by atoms with van der Waals surface area (Å²) in [5.74, 6) is -0.624. The van der Waals surface area contributed by atoms with Crippen LogP contribution in [0.2, 0.25) is 0 Å². The van der Waals surface area contributed by atoms with Crippen molar-refractivity contribution >= 4 is 11.8 Å². The molecule has 2 atom stereocenters. The second kappa shape index (κ2) is 9.81. The number of hydrogen-bond acceptors (Lipinski definition) is 5. The Morgan fingerprint density at radius 3 is 2.33 bits per heavy atom. The molecule has 0 bridgehead atoms. The van der Waals surface area contributed by atoms with Gasteiger partial charge in [-0.1, -0.05) is 0 Å². The van der Waals surface area contributed by atoms with Gasteiger partial charge >= 0.3 is 0 Å². The Morgan fingerprint density at radius 2 is 1.78 bits per heavy atom. The van der Waals surface area contributed by atoms with Gasteiger partial charge in [0.25, 0.3) is 0 Å². The summed E-state index contributed by atoms with van der Waals surface area (Å²) in [4.78, 5) is 23.1. The molecule has 0 rings (SSSR count). The van der Waals surface area contributed by atoms with Crippen LogP contribution < -0.4 is 16.4 Å². The Kier molecular flexibility index (Phi) is 9.17. The molecule has 0 aromatic heterocycles. The van der Waals surface area contributed by atoms with E-state index in [0.717, 1.165) is 0 Å². The van der Waals surface area contributed by atoms with Crippen LogP contribution >= 0.6 is 0 Å². The minimum atomic E-state index is -0.667. The van der Waals surface area contributed by atoms with E-state index in [1.54, 1.807) is 14.0 Å². The van der Waals surface area contributed by atoms with E-state index >= 15 is 0 Å². The molecule has 0 saturated heterocycles. The van der Waals surface area contributed by atoms with Crippen molar-refractivity contribution in [1.82, 2.24) is 10.6 Å². The van der Waals surface area contributed by atoms with Crippen LogP contribution in [-0.4, -0.2) is 57.9 Å². The molecule has 4 N–H and O–H groups in total. The molecule has 2 amide bonds. The summed E-state index contributed by atoms with van der Waals surface area (Å²) in [6, 6.07) is -1.29. The number of hydrogen-bond donors (Lipinski definition) is 3. The van der Waals surface area contributed by atoms with Crippen molar-refractivity contribution in [2.45, 2.75) is 25.4 Å². The fourth-order valence-corrected chi connectivity index (χ4v) is 1.19. The first-order chi connectivity index (χ1) is 8.52. The highest BCUT2D eigenvalue weighted by Gasteiger charge is 2.19. The number of ether oxygens (including phenoxy) is 2. The molecule has 0 fully saturated rings. The third-order valence-electron chi connectivity index (χ3n) is 2.33. The predicted octanol–water partition coefficient (Wildman–Crippen LogP) is -1.38. The lowest BCUT2D eigenvalue weighted by Crippen LogP contribution is -2.50. The van der Waals surface area contributed by atoms with Crippen LogP contribution in [0.4, 0.5) is 0 Å². The molecule has 7 heteroatoms. The highest BCUT2D eigenvalue weighted by molar-refractivity contribution is 5.89. The maximum Gasteiger partial charge on any atom is 0.242 e. The molecule has 0 aliphatic carbocycles.